The molecule has 92 valence electrons. The molecule has 0 saturated carbocycles. The monoisotopic (exact) mass is 271 g/mol. The SMILES string of the molecule is COCCCNc1nc(Cl)c2cc(C)sc2n1. The zero-order chi connectivity index (χ0) is 12.3. The van der Waals surface area contributed by atoms with Crippen molar-refractivity contribution >= 4 is 39.1 Å². The summed E-state index contributed by atoms with van der Waals surface area (Å²) in [7, 11) is 1.69. The topological polar surface area (TPSA) is 47.0 Å². The molecule has 0 unspecified atom stereocenters. The van der Waals surface area contributed by atoms with Gasteiger partial charge in [-0.05, 0) is 19.4 Å². The molecule has 1 N–H and O–H groups in total. The smallest absolute Gasteiger partial charge is 0.225 e. The van der Waals surface area contributed by atoms with Gasteiger partial charge >= 0.3 is 0 Å². The van der Waals surface area contributed by atoms with Crippen molar-refractivity contribution in [2.75, 3.05) is 25.6 Å². The van der Waals surface area contributed by atoms with E-state index in [-0.39, 0.29) is 0 Å². The van der Waals surface area contributed by atoms with E-state index in [9.17, 15) is 0 Å². The van der Waals surface area contributed by atoms with Crippen molar-refractivity contribution in [1.29, 1.82) is 0 Å². The molecular formula is C11H14ClN3OS. The highest BCUT2D eigenvalue weighted by atomic mass is 35.5. The number of thiophene rings is 1. The molecule has 0 atom stereocenters. The van der Waals surface area contributed by atoms with Gasteiger partial charge in [-0.2, -0.15) is 0 Å². The second-order valence-electron chi connectivity index (χ2n) is 3.69. The van der Waals surface area contributed by atoms with Crippen LogP contribution in [0.2, 0.25) is 5.15 Å². The molecule has 0 bridgehead atoms. The summed E-state index contributed by atoms with van der Waals surface area (Å²) < 4.78 is 4.97. The van der Waals surface area contributed by atoms with E-state index in [0.29, 0.717) is 11.1 Å². The highest BCUT2D eigenvalue weighted by molar-refractivity contribution is 7.18. The highest BCUT2D eigenvalue weighted by Crippen LogP contribution is 2.29. The quantitative estimate of drug-likeness (QED) is 0.671. The van der Waals surface area contributed by atoms with Crippen LogP contribution in [0.15, 0.2) is 6.07 Å². The Morgan fingerprint density at radius 3 is 3.06 bits per heavy atom. The number of aryl methyl sites for hydroxylation is 1. The lowest BCUT2D eigenvalue weighted by molar-refractivity contribution is 0.197. The molecule has 0 radical (unpaired) electrons. The van der Waals surface area contributed by atoms with Crippen molar-refractivity contribution in [3.63, 3.8) is 0 Å². The van der Waals surface area contributed by atoms with E-state index in [0.717, 1.165) is 29.8 Å². The first-order valence-corrected chi connectivity index (χ1v) is 6.56. The van der Waals surface area contributed by atoms with Crippen LogP contribution >= 0.6 is 22.9 Å². The standard InChI is InChI=1S/C11H14ClN3OS/c1-7-6-8-9(12)14-11(15-10(8)17-7)13-4-3-5-16-2/h6H,3-5H2,1-2H3,(H,13,14,15). The fourth-order valence-corrected chi connectivity index (χ4v) is 2.66. The molecule has 0 aromatic carbocycles. The van der Waals surface area contributed by atoms with Crippen molar-refractivity contribution in [2.24, 2.45) is 0 Å². The van der Waals surface area contributed by atoms with Gasteiger partial charge in [0.15, 0.2) is 0 Å². The molecule has 0 amide bonds. The summed E-state index contributed by atoms with van der Waals surface area (Å²) in [6, 6.07) is 2.01. The molecule has 0 aliphatic carbocycles. The van der Waals surface area contributed by atoms with Gasteiger partial charge in [-0.3, -0.25) is 0 Å². The Bertz CT molecular complexity index is 515. The van der Waals surface area contributed by atoms with E-state index in [1.807, 2.05) is 13.0 Å². The average Bonchev–Trinajstić information content (AvgIpc) is 2.66. The maximum Gasteiger partial charge on any atom is 0.225 e. The van der Waals surface area contributed by atoms with Crippen LogP contribution in [0.5, 0.6) is 0 Å². The fourth-order valence-electron chi connectivity index (χ4n) is 1.50. The summed E-state index contributed by atoms with van der Waals surface area (Å²) in [5.41, 5.74) is 0. The number of nitrogens with zero attached hydrogens (tertiary/aromatic N) is 2. The first kappa shape index (κ1) is 12.5. The number of aromatic nitrogens is 2. The summed E-state index contributed by atoms with van der Waals surface area (Å²) in [4.78, 5) is 10.8. The molecule has 4 nitrogen and oxygen atoms in total. The van der Waals surface area contributed by atoms with E-state index >= 15 is 0 Å². The molecule has 0 fully saturated rings. The predicted molar refractivity (Wildman–Crippen MR) is 72.1 cm³/mol. The second kappa shape index (κ2) is 5.62. The van der Waals surface area contributed by atoms with Crippen LogP contribution in [0.25, 0.3) is 10.2 Å². The number of nitrogens with one attached hydrogen (secondary N) is 1. The Labute approximate surface area is 109 Å². The van der Waals surface area contributed by atoms with Crippen LogP contribution in [-0.4, -0.2) is 30.2 Å². The van der Waals surface area contributed by atoms with Gasteiger partial charge in [0, 0.05) is 30.5 Å². The zero-order valence-electron chi connectivity index (χ0n) is 9.79. The summed E-state index contributed by atoms with van der Waals surface area (Å²) >= 11 is 7.73. The Morgan fingerprint density at radius 1 is 1.47 bits per heavy atom. The van der Waals surface area contributed by atoms with E-state index in [2.05, 4.69) is 15.3 Å². The van der Waals surface area contributed by atoms with E-state index in [1.165, 1.54) is 4.88 Å². The van der Waals surface area contributed by atoms with Gasteiger partial charge in [0.2, 0.25) is 5.95 Å². The summed E-state index contributed by atoms with van der Waals surface area (Å²) in [5, 5.41) is 4.58. The predicted octanol–water partition coefficient (Wildman–Crippen LogP) is 3.10. The number of ether oxygens (including phenoxy) is 1. The van der Waals surface area contributed by atoms with E-state index in [4.69, 9.17) is 16.3 Å². The van der Waals surface area contributed by atoms with Gasteiger partial charge in [-0.25, -0.2) is 9.97 Å². The lowest BCUT2D eigenvalue weighted by atomic mass is 10.4. The van der Waals surface area contributed by atoms with Crippen molar-refractivity contribution in [1.82, 2.24) is 9.97 Å². The summed E-state index contributed by atoms with van der Waals surface area (Å²) in [5.74, 6) is 0.584. The number of methoxy groups -OCH3 is 1. The van der Waals surface area contributed by atoms with E-state index < -0.39 is 0 Å². The van der Waals surface area contributed by atoms with Crippen LogP contribution < -0.4 is 5.32 Å². The third kappa shape index (κ3) is 3.06. The van der Waals surface area contributed by atoms with Crippen molar-refractivity contribution in [3.05, 3.63) is 16.1 Å². The third-order valence-corrected chi connectivity index (χ3v) is 3.51. The minimum atomic E-state index is 0.508. The molecule has 0 spiro atoms. The number of hydrogen-bond donors (Lipinski definition) is 1. The van der Waals surface area contributed by atoms with Crippen molar-refractivity contribution < 1.29 is 4.74 Å². The molecule has 2 aromatic heterocycles. The number of anilines is 1. The largest absolute Gasteiger partial charge is 0.385 e. The van der Waals surface area contributed by atoms with Gasteiger partial charge in [-0.15, -0.1) is 11.3 Å². The third-order valence-electron chi connectivity index (χ3n) is 2.28. The molecule has 0 aliphatic heterocycles. The normalized spacial score (nSPS) is 11.0. The van der Waals surface area contributed by atoms with Gasteiger partial charge in [0.05, 0.1) is 0 Å². The van der Waals surface area contributed by atoms with Gasteiger partial charge < -0.3 is 10.1 Å². The van der Waals surface area contributed by atoms with Crippen molar-refractivity contribution in [3.8, 4) is 0 Å². The molecule has 6 heteroatoms. The maximum atomic E-state index is 6.11. The number of halogens is 1. The first-order valence-electron chi connectivity index (χ1n) is 5.37. The number of hydrogen-bond acceptors (Lipinski definition) is 5. The van der Waals surface area contributed by atoms with Crippen LogP contribution in [0, 0.1) is 6.92 Å². The molecule has 17 heavy (non-hydrogen) atoms. The zero-order valence-corrected chi connectivity index (χ0v) is 11.4. The lowest BCUT2D eigenvalue weighted by Gasteiger charge is -2.04. The van der Waals surface area contributed by atoms with Crippen LogP contribution in [0.1, 0.15) is 11.3 Å². The first-order chi connectivity index (χ1) is 8.20. The van der Waals surface area contributed by atoms with Crippen LogP contribution in [0.3, 0.4) is 0 Å². The fraction of sp³-hybridized carbons (Fsp3) is 0.455. The molecule has 2 aromatic rings. The molecule has 0 saturated heterocycles. The van der Waals surface area contributed by atoms with Crippen LogP contribution in [0.4, 0.5) is 5.95 Å². The van der Waals surface area contributed by atoms with Gasteiger partial charge in [0.25, 0.3) is 0 Å². The lowest BCUT2D eigenvalue weighted by Crippen LogP contribution is -2.07. The Morgan fingerprint density at radius 2 is 2.29 bits per heavy atom. The number of fused-ring (bicyclic) bond motifs is 1. The summed E-state index contributed by atoms with van der Waals surface area (Å²) in [6.45, 7) is 3.54. The maximum absolute atomic E-state index is 6.11. The molecular weight excluding hydrogens is 258 g/mol. The minimum absolute atomic E-state index is 0.508. The Kier molecular flexibility index (Phi) is 4.15. The minimum Gasteiger partial charge on any atom is -0.385 e. The van der Waals surface area contributed by atoms with Gasteiger partial charge in [0.1, 0.15) is 9.98 Å². The Balaban J connectivity index is 2.13. The number of rotatable bonds is 5. The molecule has 2 rings (SSSR count). The van der Waals surface area contributed by atoms with Crippen LogP contribution in [-0.2, 0) is 4.74 Å². The van der Waals surface area contributed by atoms with E-state index in [1.54, 1.807) is 18.4 Å². The average molecular weight is 272 g/mol. The van der Waals surface area contributed by atoms with Gasteiger partial charge in [-0.1, -0.05) is 11.6 Å². The molecule has 0 aliphatic rings. The second-order valence-corrected chi connectivity index (χ2v) is 5.28. The highest BCUT2D eigenvalue weighted by Gasteiger charge is 2.08. The summed E-state index contributed by atoms with van der Waals surface area (Å²) in [6.07, 6.45) is 0.916. The van der Waals surface area contributed by atoms with Crippen molar-refractivity contribution in [2.45, 2.75) is 13.3 Å². The molecule has 2 heterocycles. The Hall–Kier alpha value is -0.910.